The molecule has 1 amide bonds. The summed E-state index contributed by atoms with van der Waals surface area (Å²) >= 11 is 0. The van der Waals surface area contributed by atoms with Crippen LogP contribution in [0.3, 0.4) is 0 Å². The number of piperidine rings is 1. The van der Waals surface area contributed by atoms with Crippen molar-refractivity contribution in [3.63, 3.8) is 0 Å². The number of aliphatic hydroxyl groups is 1. The van der Waals surface area contributed by atoms with Crippen LogP contribution in [0.4, 0.5) is 0 Å². The minimum atomic E-state index is -0.478. The van der Waals surface area contributed by atoms with Gasteiger partial charge in [-0.2, -0.15) is 0 Å². The Kier molecular flexibility index (Phi) is 5.44. The lowest BCUT2D eigenvalue weighted by atomic mass is 9.71. The maximum absolute atomic E-state index is 12.2. The van der Waals surface area contributed by atoms with Gasteiger partial charge in [0.2, 0.25) is 5.91 Å². The van der Waals surface area contributed by atoms with Crippen molar-refractivity contribution in [3.05, 3.63) is 0 Å². The van der Waals surface area contributed by atoms with E-state index in [-0.39, 0.29) is 5.91 Å². The van der Waals surface area contributed by atoms with Crippen LogP contribution < -0.4 is 5.32 Å². The Bertz CT molecular complexity index is 332. The van der Waals surface area contributed by atoms with Gasteiger partial charge in [-0.05, 0) is 32.2 Å². The van der Waals surface area contributed by atoms with Crippen molar-refractivity contribution >= 4 is 5.91 Å². The van der Waals surface area contributed by atoms with Crippen LogP contribution in [0.2, 0.25) is 0 Å². The maximum atomic E-state index is 12.2. The molecule has 1 aliphatic carbocycles. The fourth-order valence-corrected chi connectivity index (χ4v) is 3.59. The number of hydrogen-bond donors (Lipinski definition) is 2. The summed E-state index contributed by atoms with van der Waals surface area (Å²) in [7, 11) is 0. The largest absolute Gasteiger partial charge is 0.389 e. The van der Waals surface area contributed by atoms with Crippen LogP contribution in [0.15, 0.2) is 0 Å². The smallest absolute Gasteiger partial charge is 0.222 e. The van der Waals surface area contributed by atoms with Gasteiger partial charge in [-0.25, -0.2) is 0 Å². The molecule has 116 valence electrons. The molecular formula is C16H30N2O2. The first-order valence-corrected chi connectivity index (χ1v) is 8.25. The third-order valence-corrected chi connectivity index (χ3v) is 4.90. The Morgan fingerprint density at radius 3 is 2.95 bits per heavy atom. The van der Waals surface area contributed by atoms with Gasteiger partial charge in [0.1, 0.15) is 0 Å². The van der Waals surface area contributed by atoms with Crippen molar-refractivity contribution in [3.8, 4) is 0 Å². The molecule has 2 aliphatic rings. The Hall–Kier alpha value is -0.610. The van der Waals surface area contributed by atoms with E-state index in [2.05, 4.69) is 19.2 Å². The Labute approximate surface area is 122 Å². The topological polar surface area (TPSA) is 52.6 Å². The van der Waals surface area contributed by atoms with E-state index in [4.69, 9.17) is 0 Å². The normalized spacial score (nSPS) is 30.4. The SMILES string of the molecule is CC(C)NCCCC(=O)N1CCC2(O)CCCCC2C1. The number of nitrogens with one attached hydrogen (secondary N) is 1. The lowest BCUT2D eigenvalue weighted by Gasteiger charge is -2.47. The highest BCUT2D eigenvalue weighted by Gasteiger charge is 2.43. The minimum absolute atomic E-state index is 0.267. The van der Waals surface area contributed by atoms with Crippen LogP contribution in [-0.2, 0) is 4.79 Å². The van der Waals surface area contributed by atoms with E-state index in [0.29, 0.717) is 18.4 Å². The van der Waals surface area contributed by atoms with Gasteiger partial charge in [0.05, 0.1) is 5.60 Å². The zero-order valence-electron chi connectivity index (χ0n) is 13.0. The standard InChI is InChI=1S/C16H30N2O2/c1-13(2)17-10-5-7-15(19)18-11-9-16(20)8-4-3-6-14(16)12-18/h13-14,17,20H,3-12H2,1-2H3. The molecule has 2 unspecified atom stereocenters. The van der Waals surface area contributed by atoms with Crippen molar-refractivity contribution in [1.29, 1.82) is 0 Å². The molecule has 0 aromatic heterocycles. The Balaban J connectivity index is 1.75. The summed E-state index contributed by atoms with van der Waals surface area (Å²) in [6, 6.07) is 0.484. The van der Waals surface area contributed by atoms with Crippen LogP contribution in [0.25, 0.3) is 0 Å². The molecule has 1 aliphatic heterocycles. The summed E-state index contributed by atoms with van der Waals surface area (Å²) in [5, 5.41) is 14.0. The second kappa shape index (κ2) is 6.90. The number of likely N-dealkylation sites (tertiary alicyclic amines) is 1. The van der Waals surface area contributed by atoms with E-state index in [9.17, 15) is 9.90 Å². The van der Waals surface area contributed by atoms with Crippen molar-refractivity contribution in [1.82, 2.24) is 10.2 Å². The highest BCUT2D eigenvalue weighted by atomic mass is 16.3. The zero-order chi connectivity index (χ0) is 14.6. The molecule has 0 spiro atoms. The number of carbonyl (C=O) groups is 1. The molecule has 1 saturated heterocycles. The fourth-order valence-electron chi connectivity index (χ4n) is 3.59. The molecule has 1 saturated carbocycles. The van der Waals surface area contributed by atoms with Gasteiger partial charge < -0.3 is 15.3 Å². The van der Waals surface area contributed by atoms with E-state index in [1.54, 1.807) is 0 Å². The molecule has 2 fully saturated rings. The molecule has 4 nitrogen and oxygen atoms in total. The summed E-state index contributed by atoms with van der Waals surface area (Å²) in [5.74, 6) is 0.575. The molecule has 1 heterocycles. The highest BCUT2D eigenvalue weighted by molar-refractivity contribution is 5.76. The molecule has 0 aromatic carbocycles. The van der Waals surface area contributed by atoms with E-state index >= 15 is 0 Å². The molecule has 0 aromatic rings. The van der Waals surface area contributed by atoms with Crippen LogP contribution in [0, 0.1) is 5.92 Å². The van der Waals surface area contributed by atoms with Crippen molar-refractivity contribution < 1.29 is 9.90 Å². The first kappa shape index (κ1) is 15.8. The van der Waals surface area contributed by atoms with Gasteiger partial charge in [0, 0.05) is 31.5 Å². The lowest BCUT2D eigenvalue weighted by molar-refractivity contribution is -0.143. The average molecular weight is 282 g/mol. The average Bonchev–Trinajstić information content (AvgIpc) is 2.42. The number of fused-ring (bicyclic) bond motifs is 1. The van der Waals surface area contributed by atoms with Gasteiger partial charge >= 0.3 is 0 Å². The molecular weight excluding hydrogens is 252 g/mol. The third-order valence-electron chi connectivity index (χ3n) is 4.90. The lowest BCUT2D eigenvalue weighted by Crippen LogP contribution is -2.54. The van der Waals surface area contributed by atoms with E-state index in [1.165, 1.54) is 6.42 Å². The van der Waals surface area contributed by atoms with Crippen LogP contribution in [-0.4, -0.2) is 47.2 Å². The predicted molar refractivity (Wildman–Crippen MR) is 80.5 cm³/mol. The number of amides is 1. The summed E-state index contributed by atoms with van der Waals surface area (Å²) in [4.78, 5) is 14.2. The number of hydrogen-bond acceptors (Lipinski definition) is 3. The minimum Gasteiger partial charge on any atom is -0.389 e. The maximum Gasteiger partial charge on any atom is 0.222 e. The summed E-state index contributed by atoms with van der Waals surface area (Å²) in [5.41, 5.74) is -0.478. The molecule has 2 rings (SSSR count). The second-order valence-electron chi connectivity index (χ2n) is 6.85. The first-order valence-electron chi connectivity index (χ1n) is 8.25. The molecule has 20 heavy (non-hydrogen) atoms. The highest BCUT2D eigenvalue weighted by Crippen LogP contribution is 2.39. The first-order chi connectivity index (χ1) is 9.51. The molecule has 4 heteroatoms. The zero-order valence-corrected chi connectivity index (χ0v) is 13.0. The summed E-state index contributed by atoms with van der Waals surface area (Å²) < 4.78 is 0. The van der Waals surface area contributed by atoms with E-state index < -0.39 is 5.60 Å². The molecule has 2 N–H and O–H groups in total. The van der Waals surface area contributed by atoms with Crippen LogP contribution >= 0.6 is 0 Å². The fraction of sp³-hybridized carbons (Fsp3) is 0.938. The quantitative estimate of drug-likeness (QED) is 0.758. The summed E-state index contributed by atoms with van der Waals surface area (Å²) in [6.07, 6.45) is 6.66. The Morgan fingerprint density at radius 1 is 1.40 bits per heavy atom. The Morgan fingerprint density at radius 2 is 2.20 bits per heavy atom. The van der Waals surface area contributed by atoms with Gasteiger partial charge in [-0.1, -0.05) is 26.7 Å². The van der Waals surface area contributed by atoms with Gasteiger partial charge in [-0.15, -0.1) is 0 Å². The monoisotopic (exact) mass is 282 g/mol. The van der Waals surface area contributed by atoms with Crippen molar-refractivity contribution in [2.24, 2.45) is 5.92 Å². The van der Waals surface area contributed by atoms with E-state index in [0.717, 1.165) is 51.7 Å². The number of nitrogens with zero attached hydrogens (tertiary/aromatic N) is 1. The second-order valence-corrected chi connectivity index (χ2v) is 6.85. The van der Waals surface area contributed by atoms with Gasteiger partial charge in [0.25, 0.3) is 0 Å². The van der Waals surface area contributed by atoms with Crippen LogP contribution in [0.1, 0.15) is 58.8 Å². The predicted octanol–water partition coefficient (Wildman–Crippen LogP) is 1.92. The number of rotatable bonds is 5. The molecule has 0 bridgehead atoms. The number of carbonyl (C=O) groups excluding carboxylic acids is 1. The van der Waals surface area contributed by atoms with Crippen molar-refractivity contribution in [2.75, 3.05) is 19.6 Å². The summed E-state index contributed by atoms with van der Waals surface area (Å²) in [6.45, 7) is 6.66. The molecule has 0 radical (unpaired) electrons. The van der Waals surface area contributed by atoms with Gasteiger partial charge in [-0.3, -0.25) is 4.79 Å². The molecule has 2 atom stereocenters. The van der Waals surface area contributed by atoms with E-state index in [1.807, 2.05) is 4.90 Å². The van der Waals surface area contributed by atoms with Crippen LogP contribution in [0.5, 0.6) is 0 Å². The van der Waals surface area contributed by atoms with Gasteiger partial charge in [0.15, 0.2) is 0 Å². The van der Waals surface area contributed by atoms with Crippen molar-refractivity contribution in [2.45, 2.75) is 70.4 Å². The third kappa shape index (κ3) is 3.95.